The van der Waals surface area contributed by atoms with Crippen LogP contribution >= 0.6 is 0 Å². The summed E-state index contributed by atoms with van der Waals surface area (Å²) in [5.41, 5.74) is 0. The zero-order chi connectivity index (χ0) is 16.4. The lowest BCUT2D eigenvalue weighted by atomic mass is 10.3. The standard InChI is InChI=1S/C15H22N2O4S/c1-3-17(11-5-10-16)22(18,19)15-8-6-14(7-9-15)21-13-12-20-4-2/h6-9H,3-5,11-13H2,1-2H3. The van der Waals surface area contributed by atoms with Crippen LogP contribution in [0.5, 0.6) is 5.75 Å². The van der Waals surface area contributed by atoms with Gasteiger partial charge in [0.15, 0.2) is 0 Å². The Hall–Kier alpha value is -1.62. The quantitative estimate of drug-likeness (QED) is 0.615. The molecule has 0 spiro atoms. The van der Waals surface area contributed by atoms with E-state index in [9.17, 15) is 8.42 Å². The highest BCUT2D eigenvalue weighted by atomic mass is 32.2. The van der Waals surface area contributed by atoms with E-state index in [-0.39, 0.29) is 17.9 Å². The number of hydrogen-bond donors (Lipinski definition) is 0. The number of rotatable bonds is 10. The molecule has 0 unspecified atom stereocenters. The number of sulfonamides is 1. The van der Waals surface area contributed by atoms with Crippen molar-refractivity contribution in [2.45, 2.75) is 25.2 Å². The van der Waals surface area contributed by atoms with Gasteiger partial charge in [-0.2, -0.15) is 9.57 Å². The van der Waals surface area contributed by atoms with Crippen LogP contribution in [0.1, 0.15) is 20.3 Å². The predicted octanol–water partition coefficient (Wildman–Crippen LogP) is 2.03. The van der Waals surface area contributed by atoms with E-state index in [1.807, 2.05) is 13.0 Å². The molecular weight excluding hydrogens is 304 g/mol. The number of nitriles is 1. The fraction of sp³-hybridized carbons (Fsp3) is 0.533. The van der Waals surface area contributed by atoms with E-state index in [0.29, 0.717) is 32.1 Å². The van der Waals surface area contributed by atoms with Crippen molar-refractivity contribution < 1.29 is 17.9 Å². The second-order valence-corrected chi connectivity index (χ2v) is 6.36. The largest absolute Gasteiger partial charge is 0.491 e. The fourth-order valence-corrected chi connectivity index (χ4v) is 3.29. The molecule has 1 aromatic rings. The van der Waals surface area contributed by atoms with E-state index in [0.717, 1.165) is 0 Å². The summed E-state index contributed by atoms with van der Waals surface area (Å²) >= 11 is 0. The van der Waals surface area contributed by atoms with E-state index in [4.69, 9.17) is 14.7 Å². The maximum Gasteiger partial charge on any atom is 0.243 e. The second-order valence-electron chi connectivity index (χ2n) is 4.42. The van der Waals surface area contributed by atoms with Crippen LogP contribution in [0.15, 0.2) is 29.2 Å². The lowest BCUT2D eigenvalue weighted by Gasteiger charge is -2.19. The minimum Gasteiger partial charge on any atom is -0.491 e. The molecule has 0 amide bonds. The van der Waals surface area contributed by atoms with Gasteiger partial charge in [-0.3, -0.25) is 0 Å². The summed E-state index contributed by atoms with van der Waals surface area (Å²) in [6.07, 6.45) is 0.172. The molecule has 6 nitrogen and oxygen atoms in total. The predicted molar refractivity (Wildman–Crippen MR) is 83.1 cm³/mol. The molecule has 122 valence electrons. The van der Waals surface area contributed by atoms with E-state index in [1.54, 1.807) is 19.1 Å². The molecule has 0 saturated carbocycles. The smallest absolute Gasteiger partial charge is 0.243 e. The van der Waals surface area contributed by atoms with Gasteiger partial charge in [-0.15, -0.1) is 0 Å². The van der Waals surface area contributed by atoms with Crippen molar-refractivity contribution >= 4 is 10.0 Å². The normalized spacial score (nSPS) is 11.4. The molecule has 0 N–H and O–H groups in total. The minimum atomic E-state index is -3.57. The summed E-state index contributed by atoms with van der Waals surface area (Å²) in [7, 11) is -3.57. The van der Waals surface area contributed by atoms with Crippen molar-refractivity contribution in [3.8, 4) is 11.8 Å². The molecule has 0 saturated heterocycles. The third kappa shape index (κ3) is 5.30. The van der Waals surface area contributed by atoms with Crippen LogP contribution in [0.25, 0.3) is 0 Å². The van der Waals surface area contributed by atoms with Crippen LogP contribution in [-0.4, -0.2) is 45.6 Å². The molecule has 1 rings (SSSR count). The summed E-state index contributed by atoms with van der Waals surface area (Å²) in [6, 6.07) is 8.23. The van der Waals surface area contributed by atoms with Crippen molar-refractivity contribution in [1.29, 1.82) is 5.26 Å². The molecule has 0 radical (unpaired) electrons. The van der Waals surface area contributed by atoms with Crippen LogP contribution in [0.2, 0.25) is 0 Å². The van der Waals surface area contributed by atoms with Crippen molar-refractivity contribution in [1.82, 2.24) is 4.31 Å². The van der Waals surface area contributed by atoms with Gasteiger partial charge in [0.2, 0.25) is 10.0 Å². The van der Waals surface area contributed by atoms with Crippen LogP contribution in [0.3, 0.4) is 0 Å². The highest BCUT2D eigenvalue weighted by molar-refractivity contribution is 7.89. The summed E-state index contributed by atoms with van der Waals surface area (Å²) in [5, 5.41) is 8.61. The van der Waals surface area contributed by atoms with Crippen LogP contribution in [0.4, 0.5) is 0 Å². The monoisotopic (exact) mass is 326 g/mol. The number of nitrogens with zero attached hydrogens (tertiary/aromatic N) is 2. The summed E-state index contributed by atoms with van der Waals surface area (Å²) in [4.78, 5) is 0.199. The SMILES string of the molecule is CCOCCOc1ccc(S(=O)(=O)N(CC)CCC#N)cc1. The van der Waals surface area contributed by atoms with Gasteiger partial charge in [-0.05, 0) is 31.2 Å². The molecule has 1 aromatic carbocycles. The molecule has 0 heterocycles. The highest BCUT2D eigenvalue weighted by Gasteiger charge is 2.22. The van der Waals surface area contributed by atoms with Gasteiger partial charge in [0.25, 0.3) is 0 Å². The molecule has 7 heteroatoms. The first-order chi connectivity index (χ1) is 10.6. The number of benzene rings is 1. The Bertz CT molecular complexity index is 579. The highest BCUT2D eigenvalue weighted by Crippen LogP contribution is 2.19. The lowest BCUT2D eigenvalue weighted by molar-refractivity contribution is 0.110. The van der Waals surface area contributed by atoms with Gasteiger partial charge in [-0.1, -0.05) is 6.92 Å². The van der Waals surface area contributed by atoms with Gasteiger partial charge in [0, 0.05) is 26.1 Å². The summed E-state index contributed by atoms with van der Waals surface area (Å²) < 4.78 is 36.8. The number of hydrogen-bond acceptors (Lipinski definition) is 5. The van der Waals surface area contributed by atoms with E-state index >= 15 is 0 Å². The third-order valence-electron chi connectivity index (χ3n) is 2.99. The van der Waals surface area contributed by atoms with Gasteiger partial charge in [0.05, 0.1) is 17.6 Å². The topological polar surface area (TPSA) is 79.6 Å². The zero-order valence-corrected chi connectivity index (χ0v) is 13.8. The van der Waals surface area contributed by atoms with Gasteiger partial charge in [0.1, 0.15) is 12.4 Å². The Kier molecular flexibility index (Phi) is 7.88. The van der Waals surface area contributed by atoms with Crippen LogP contribution in [0, 0.1) is 11.3 Å². The first kappa shape index (κ1) is 18.4. The van der Waals surface area contributed by atoms with Crippen molar-refractivity contribution in [2.24, 2.45) is 0 Å². The van der Waals surface area contributed by atoms with Gasteiger partial charge in [-0.25, -0.2) is 8.42 Å². The Labute approximate surface area is 132 Å². The summed E-state index contributed by atoms with van der Waals surface area (Å²) in [5.74, 6) is 0.596. The van der Waals surface area contributed by atoms with Crippen LogP contribution < -0.4 is 4.74 Å². The second kappa shape index (κ2) is 9.41. The van der Waals surface area contributed by atoms with Gasteiger partial charge >= 0.3 is 0 Å². The maximum absolute atomic E-state index is 12.4. The van der Waals surface area contributed by atoms with Crippen LogP contribution in [-0.2, 0) is 14.8 Å². The molecule has 0 atom stereocenters. The van der Waals surface area contributed by atoms with E-state index in [2.05, 4.69) is 0 Å². The first-order valence-electron chi connectivity index (χ1n) is 7.24. The number of ether oxygens (including phenoxy) is 2. The van der Waals surface area contributed by atoms with Crippen molar-refractivity contribution in [2.75, 3.05) is 32.9 Å². The Morgan fingerprint density at radius 1 is 1.18 bits per heavy atom. The Morgan fingerprint density at radius 2 is 1.86 bits per heavy atom. The average Bonchev–Trinajstić information content (AvgIpc) is 2.52. The van der Waals surface area contributed by atoms with Gasteiger partial charge < -0.3 is 9.47 Å². The Morgan fingerprint density at radius 3 is 2.41 bits per heavy atom. The molecule has 0 aliphatic heterocycles. The molecule has 0 aromatic heterocycles. The molecule has 0 aliphatic rings. The summed E-state index contributed by atoms with van der Waals surface area (Å²) in [6.45, 7) is 5.73. The lowest BCUT2D eigenvalue weighted by Crippen LogP contribution is -2.31. The molecule has 0 bridgehead atoms. The molecule has 22 heavy (non-hydrogen) atoms. The van der Waals surface area contributed by atoms with Crippen molar-refractivity contribution in [3.63, 3.8) is 0 Å². The van der Waals surface area contributed by atoms with E-state index in [1.165, 1.54) is 16.4 Å². The minimum absolute atomic E-state index is 0.172. The fourth-order valence-electron chi connectivity index (χ4n) is 1.84. The molecule has 0 aliphatic carbocycles. The zero-order valence-electron chi connectivity index (χ0n) is 13.0. The Balaban J connectivity index is 2.73. The molecular formula is C15H22N2O4S. The third-order valence-corrected chi connectivity index (χ3v) is 4.98. The first-order valence-corrected chi connectivity index (χ1v) is 8.68. The van der Waals surface area contributed by atoms with Crippen molar-refractivity contribution in [3.05, 3.63) is 24.3 Å². The van der Waals surface area contributed by atoms with E-state index < -0.39 is 10.0 Å². The average molecular weight is 326 g/mol. The molecule has 0 fully saturated rings. The maximum atomic E-state index is 12.4.